The molecule has 0 aliphatic heterocycles. The summed E-state index contributed by atoms with van der Waals surface area (Å²) in [6.45, 7) is 15.8. The SMILES string of the molecule is C=C/C=C\c1ccc2ccc(-c3cccc(-c4ccc5ccc(/C=C\C=C)c(C)c5n4)c3)nc2c1C.CC. The van der Waals surface area contributed by atoms with Crippen molar-refractivity contribution in [2.45, 2.75) is 27.7 Å². The minimum atomic E-state index is 0.950. The quantitative estimate of drug-likeness (QED) is 0.219. The van der Waals surface area contributed by atoms with E-state index in [0.717, 1.165) is 66.6 Å². The third-order valence-corrected chi connectivity index (χ3v) is 6.59. The van der Waals surface area contributed by atoms with Crippen LogP contribution in [0.1, 0.15) is 36.1 Å². The van der Waals surface area contributed by atoms with Crippen LogP contribution in [0.5, 0.6) is 0 Å². The van der Waals surface area contributed by atoms with Gasteiger partial charge in [-0.05, 0) is 54.3 Å². The molecule has 0 unspecified atom stereocenters. The van der Waals surface area contributed by atoms with Gasteiger partial charge in [-0.2, -0.15) is 0 Å². The zero-order chi connectivity index (χ0) is 27.1. The summed E-state index contributed by atoms with van der Waals surface area (Å²) in [5, 5.41) is 2.27. The minimum absolute atomic E-state index is 0.950. The zero-order valence-corrected chi connectivity index (χ0v) is 22.7. The minimum Gasteiger partial charge on any atom is -0.247 e. The van der Waals surface area contributed by atoms with Gasteiger partial charge in [0.15, 0.2) is 0 Å². The van der Waals surface area contributed by atoms with E-state index in [1.165, 1.54) is 0 Å². The van der Waals surface area contributed by atoms with E-state index in [9.17, 15) is 0 Å². The lowest BCUT2D eigenvalue weighted by Gasteiger charge is -2.11. The van der Waals surface area contributed by atoms with Crippen LogP contribution >= 0.6 is 0 Å². The molecule has 0 bridgehead atoms. The number of fused-ring (bicyclic) bond motifs is 2. The number of benzene rings is 3. The molecule has 0 amide bonds. The number of hydrogen-bond donors (Lipinski definition) is 0. The summed E-state index contributed by atoms with van der Waals surface area (Å²) in [5.74, 6) is 0. The molecule has 0 saturated heterocycles. The highest BCUT2D eigenvalue weighted by Gasteiger charge is 2.10. The Bertz CT molecular complexity index is 1560. The monoisotopic (exact) mass is 494 g/mol. The first-order valence-corrected chi connectivity index (χ1v) is 13.1. The van der Waals surface area contributed by atoms with Crippen LogP contribution in [0.25, 0.3) is 56.5 Å². The van der Waals surface area contributed by atoms with Crippen molar-refractivity contribution in [1.82, 2.24) is 9.97 Å². The van der Waals surface area contributed by atoms with E-state index in [1.807, 2.05) is 26.0 Å². The highest BCUT2D eigenvalue weighted by molar-refractivity contribution is 5.89. The van der Waals surface area contributed by atoms with Crippen molar-refractivity contribution in [1.29, 1.82) is 0 Å². The second-order valence-corrected chi connectivity index (χ2v) is 8.87. The number of aromatic nitrogens is 2. The molecule has 0 atom stereocenters. The summed E-state index contributed by atoms with van der Waals surface area (Å²) in [6, 6.07) is 25.5. The third kappa shape index (κ3) is 5.40. The van der Waals surface area contributed by atoms with E-state index >= 15 is 0 Å². The van der Waals surface area contributed by atoms with Gasteiger partial charge in [-0.15, -0.1) is 0 Å². The largest absolute Gasteiger partial charge is 0.247 e. The van der Waals surface area contributed by atoms with Crippen LogP contribution in [-0.2, 0) is 0 Å². The normalized spacial score (nSPS) is 11.2. The van der Waals surface area contributed by atoms with Gasteiger partial charge in [-0.25, -0.2) is 9.97 Å². The van der Waals surface area contributed by atoms with E-state index in [4.69, 9.17) is 9.97 Å². The second-order valence-electron chi connectivity index (χ2n) is 8.87. The van der Waals surface area contributed by atoms with Crippen molar-refractivity contribution in [2.24, 2.45) is 0 Å². The molecular weight excluding hydrogens is 460 g/mol. The van der Waals surface area contributed by atoms with Gasteiger partial charge in [0, 0.05) is 21.9 Å². The number of hydrogen-bond acceptors (Lipinski definition) is 2. The Hall–Kier alpha value is -4.56. The van der Waals surface area contributed by atoms with Gasteiger partial charge >= 0.3 is 0 Å². The Morgan fingerprint density at radius 1 is 0.579 bits per heavy atom. The van der Waals surface area contributed by atoms with Crippen LogP contribution in [-0.4, -0.2) is 9.97 Å². The maximum Gasteiger partial charge on any atom is 0.0744 e. The van der Waals surface area contributed by atoms with Crippen molar-refractivity contribution in [3.8, 4) is 22.5 Å². The summed E-state index contributed by atoms with van der Waals surface area (Å²) in [7, 11) is 0. The molecule has 2 heteroatoms. The Labute approximate surface area is 226 Å². The summed E-state index contributed by atoms with van der Waals surface area (Å²) < 4.78 is 0. The molecule has 38 heavy (non-hydrogen) atoms. The fourth-order valence-electron chi connectivity index (χ4n) is 4.56. The van der Waals surface area contributed by atoms with E-state index in [-0.39, 0.29) is 0 Å². The van der Waals surface area contributed by atoms with Crippen molar-refractivity contribution in [2.75, 3.05) is 0 Å². The molecule has 0 fully saturated rings. The Balaban J connectivity index is 0.00000164. The molecule has 188 valence electrons. The van der Waals surface area contributed by atoms with Gasteiger partial charge in [-0.3, -0.25) is 0 Å². The molecule has 5 rings (SSSR count). The van der Waals surface area contributed by atoms with E-state index < -0.39 is 0 Å². The molecule has 3 aromatic carbocycles. The number of allylic oxidation sites excluding steroid dienone is 4. The standard InChI is InChI=1S/C34H28N2.C2H6/c1-5-7-10-25-14-16-27-18-20-31(35-33(27)23(25)3)29-12-9-13-30(22-29)32-21-19-28-17-15-26(11-8-6-2)24(4)34(28)36-32;1-2/h5-22H,1-2H2,3-4H3;1-2H3/b10-7-,11-8-;. The van der Waals surface area contributed by atoms with Crippen LogP contribution in [0, 0.1) is 13.8 Å². The zero-order valence-electron chi connectivity index (χ0n) is 22.7. The Morgan fingerprint density at radius 3 is 1.42 bits per heavy atom. The summed E-state index contributed by atoms with van der Waals surface area (Å²) >= 11 is 0. The van der Waals surface area contributed by atoms with Crippen molar-refractivity contribution >= 4 is 34.0 Å². The molecule has 2 nitrogen and oxygen atoms in total. The number of aryl methyl sites for hydroxylation is 2. The van der Waals surface area contributed by atoms with Crippen molar-refractivity contribution in [3.05, 3.63) is 133 Å². The maximum atomic E-state index is 5.06. The lowest BCUT2D eigenvalue weighted by Crippen LogP contribution is -1.92. The van der Waals surface area contributed by atoms with Gasteiger partial charge in [0.05, 0.1) is 22.4 Å². The highest BCUT2D eigenvalue weighted by atomic mass is 14.7. The lowest BCUT2D eigenvalue weighted by atomic mass is 10.00. The van der Waals surface area contributed by atoms with Gasteiger partial charge in [-0.1, -0.05) is 118 Å². The molecule has 0 saturated carbocycles. The van der Waals surface area contributed by atoms with Gasteiger partial charge < -0.3 is 0 Å². The van der Waals surface area contributed by atoms with Crippen LogP contribution in [0.3, 0.4) is 0 Å². The maximum absolute atomic E-state index is 5.06. The fraction of sp³-hybridized carbons (Fsp3) is 0.111. The van der Waals surface area contributed by atoms with Crippen molar-refractivity contribution < 1.29 is 0 Å². The topological polar surface area (TPSA) is 25.8 Å². The average molecular weight is 495 g/mol. The number of rotatable bonds is 6. The van der Waals surface area contributed by atoms with Crippen LogP contribution in [0.2, 0.25) is 0 Å². The molecule has 5 aromatic rings. The first-order chi connectivity index (χ1) is 18.6. The Kier molecular flexibility index (Phi) is 8.45. The number of pyridine rings is 2. The van der Waals surface area contributed by atoms with Crippen LogP contribution < -0.4 is 0 Å². The predicted molar refractivity (Wildman–Crippen MR) is 167 cm³/mol. The molecule has 2 aromatic heterocycles. The second kappa shape index (κ2) is 12.1. The van der Waals surface area contributed by atoms with Crippen LogP contribution in [0.4, 0.5) is 0 Å². The summed E-state index contributed by atoms with van der Waals surface area (Å²) in [5.41, 5.74) is 10.7. The molecule has 2 heterocycles. The molecular formula is C36H34N2. The fourth-order valence-corrected chi connectivity index (χ4v) is 4.56. The van der Waals surface area contributed by atoms with Gasteiger partial charge in [0.1, 0.15) is 0 Å². The third-order valence-electron chi connectivity index (χ3n) is 6.59. The lowest BCUT2D eigenvalue weighted by molar-refractivity contribution is 1.34. The molecule has 0 aliphatic rings. The molecule has 0 N–H and O–H groups in total. The van der Waals surface area contributed by atoms with Gasteiger partial charge in [0.2, 0.25) is 0 Å². The van der Waals surface area contributed by atoms with Gasteiger partial charge in [0.25, 0.3) is 0 Å². The summed E-state index contributed by atoms with van der Waals surface area (Å²) in [6.07, 6.45) is 11.6. The first-order valence-electron chi connectivity index (χ1n) is 13.1. The predicted octanol–water partition coefficient (Wildman–Crippen LogP) is 10.2. The van der Waals surface area contributed by atoms with E-state index in [0.29, 0.717) is 0 Å². The molecule has 0 radical (unpaired) electrons. The number of nitrogens with zero attached hydrogens (tertiary/aromatic N) is 2. The first kappa shape index (κ1) is 26.5. The Morgan fingerprint density at radius 2 is 1.00 bits per heavy atom. The van der Waals surface area contributed by atoms with E-state index in [2.05, 4.69) is 112 Å². The van der Waals surface area contributed by atoms with Crippen LogP contribution in [0.15, 0.2) is 110 Å². The summed E-state index contributed by atoms with van der Waals surface area (Å²) in [4.78, 5) is 10.1. The molecule has 0 spiro atoms. The molecule has 0 aliphatic carbocycles. The highest BCUT2D eigenvalue weighted by Crippen LogP contribution is 2.30. The van der Waals surface area contributed by atoms with Crippen molar-refractivity contribution in [3.63, 3.8) is 0 Å². The smallest absolute Gasteiger partial charge is 0.0744 e. The average Bonchev–Trinajstić information content (AvgIpc) is 2.97. The van der Waals surface area contributed by atoms with E-state index in [1.54, 1.807) is 12.2 Å².